The van der Waals surface area contributed by atoms with Crippen molar-refractivity contribution in [1.82, 2.24) is 0 Å². The van der Waals surface area contributed by atoms with Crippen LogP contribution in [0.2, 0.25) is 0 Å². The summed E-state index contributed by atoms with van der Waals surface area (Å²) in [6.07, 6.45) is -0.236. The minimum absolute atomic E-state index is 0.197. The van der Waals surface area contributed by atoms with Crippen molar-refractivity contribution in [2.24, 2.45) is 5.73 Å². The van der Waals surface area contributed by atoms with E-state index in [9.17, 15) is 10.2 Å². The van der Waals surface area contributed by atoms with Crippen molar-refractivity contribution in [3.63, 3.8) is 0 Å². The number of phenolic OH excluding ortho intramolecular Hbond substituents is 1. The van der Waals surface area contributed by atoms with Crippen LogP contribution in [0.3, 0.4) is 0 Å². The molecule has 2 rings (SSSR count). The Hall–Kier alpha value is -1.58. The number of benzene rings is 2. The second-order valence-electron chi connectivity index (χ2n) is 3.88. The summed E-state index contributed by atoms with van der Waals surface area (Å²) in [5, 5.41) is 21.4. The lowest BCUT2D eigenvalue weighted by atomic mass is 9.99. The Kier molecular flexibility index (Phi) is 3.08. The molecule has 0 saturated carbocycles. The molecule has 1 unspecified atom stereocenters. The van der Waals surface area contributed by atoms with E-state index in [0.29, 0.717) is 6.42 Å². The van der Waals surface area contributed by atoms with Crippen molar-refractivity contribution in [3.05, 3.63) is 42.0 Å². The summed E-state index contributed by atoms with van der Waals surface area (Å²) in [5.41, 5.74) is 6.14. The zero-order valence-corrected chi connectivity index (χ0v) is 8.93. The molecule has 0 aliphatic carbocycles. The third-order valence-corrected chi connectivity index (χ3v) is 2.73. The molecule has 0 heterocycles. The van der Waals surface area contributed by atoms with Gasteiger partial charge in [-0.05, 0) is 16.8 Å². The highest BCUT2D eigenvalue weighted by Crippen LogP contribution is 2.27. The summed E-state index contributed by atoms with van der Waals surface area (Å²) in [6.45, 7) is 0.197. The van der Waals surface area contributed by atoms with E-state index >= 15 is 0 Å². The minimum atomic E-state index is -0.614. The first-order valence-corrected chi connectivity index (χ1v) is 5.30. The van der Waals surface area contributed by atoms with E-state index in [1.165, 1.54) is 0 Å². The molecule has 2 aromatic carbocycles. The Labute approximate surface area is 94.1 Å². The van der Waals surface area contributed by atoms with Crippen molar-refractivity contribution < 1.29 is 10.2 Å². The van der Waals surface area contributed by atoms with Crippen LogP contribution in [0.5, 0.6) is 5.75 Å². The fourth-order valence-corrected chi connectivity index (χ4v) is 1.86. The van der Waals surface area contributed by atoms with Crippen LogP contribution in [0.4, 0.5) is 0 Å². The largest absolute Gasteiger partial charge is 0.508 e. The molecule has 1 atom stereocenters. The first-order valence-electron chi connectivity index (χ1n) is 5.30. The Balaban J connectivity index is 2.52. The fourth-order valence-electron chi connectivity index (χ4n) is 1.86. The maximum Gasteiger partial charge on any atom is 0.119 e. The van der Waals surface area contributed by atoms with Crippen LogP contribution in [-0.2, 0) is 6.42 Å². The third kappa shape index (κ3) is 2.01. The molecule has 0 amide bonds. The van der Waals surface area contributed by atoms with Crippen molar-refractivity contribution in [2.45, 2.75) is 12.5 Å². The summed E-state index contributed by atoms with van der Waals surface area (Å²) in [6, 6.07) is 11.3. The Morgan fingerprint density at radius 3 is 2.62 bits per heavy atom. The molecule has 16 heavy (non-hydrogen) atoms. The van der Waals surface area contributed by atoms with Gasteiger partial charge in [0.25, 0.3) is 0 Å². The lowest BCUT2D eigenvalue weighted by Gasteiger charge is -2.12. The Morgan fingerprint density at radius 2 is 1.88 bits per heavy atom. The number of hydrogen-bond acceptors (Lipinski definition) is 3. The standard InChI is InChI=1S/C13H15NO2/c14-8-10(15)7-12-11-4-2-1-3-9(11)5-6-13(12)16/h1-6,10,15-16H,7-8,14H2. The maximum atomic E-state index is 9.80. The van der Waals surface area contributed by atoms with Gasteiger partial charge < -0.3 is 15.9 Å². The van der Waals surface area contributed by atoms with Gasteiger partial charge in [0.05, 0.1) is 6.10 Å². The normalized spacial score (nSPS) is 12.9. The Morgan fingerprint density at radius 1 is 1.12 bits per heavy atom. The van der Waals surface area contributed by atoms with Crippen molar-refractivity contribution in [2.75, 3.05) is 6.54 Å². The summed E-state index contributed by atoms with van der Waals surface area (Å²) in [5.74, 6) is 0.214. The average Bonchev–Trinajstić information content (AvgIpc) is 2.32. The van der Waals surface area contributed by atoms with Crippen LogP contribution in [0, 0.1) is 0 Å². The first kappa shape index (κ1) is 10.9. The quantitative estimate of drug-likeness (QED) is 0.728. The maximum absolute atomic E-state index is 9.80. The van der Waals surface area contributed by atoms with E-state index in [-0.39, 0.29) is 12.3 Å². The van der Waals surface area contributed by atoms with Gasteiger partial charge in [-0.25, -0.2) is 0 Å². The van der Waals surface area contributed by atoms with E-state index < -0.39 is 6.10 Å². The van der Waals surface area contributed by atoms with Gasteiger partial charge in [0, 0.05) is 18.5 Å². The molecular formula is C13H15NO2. The number of hydrogen-bond donors (Lipinski definition) is 3. The monoisotopic (exact) mass is 217 g/mol. The summed E-state index contributed by atoms with van der Waals surface area (Å²) >= 11 is 0. The van der Waals surface area contributed by atoms with Crippen LogP contribution >= 0.6 is 0 Å². The molecule has 0 aliphatic rings. The first-order chi connectivity index (χ1) is 7.72. The lowest BCUT2D eigenvalue weighted by molar-refractivity contribution is 0.182. The molecule has 2 aromatic rings. The molecule has 0 saturated heterocycles. The van der Waals surface area contributed by atoms with Gasteiger partial charge in [0.1, 0.15) is 5.75 Å². The molecule has 0 aliphatic heterocycles. The van der Waals surface area contributed by atoms with Gasteiger partial charge in [-0.15, -0.1) is 0 Å². The van der Waals surface area contributed by atoms with Crippen LogP contribution in [0.1, 0.15) is 5.56 Å². The highest BCUT2D eigenvalue weighted by atomic mass is 16.3. The number of fused-ring (bicyclic) bond motifs is 1. The fraction of sp³-hybridized carbons (Fsp3) is 0.231. The van der Waals surface area contributed by atoms with Crippen LogP contribution < -0.4 is 5.73 Å². The number of rotatable bonds is 3. The molecule has 3 nitrogen and oxygen atoms in total. The molecule has 0 radical (unpaired) electrons. The van der Waals surface area contributed by atoms with Crippen molar-refractivity contribution in [1.29, 1.82) is 0 Å². The molecule has 0 bridgehead atoms. The van der Waals surface area contributed by atoms with Gasteiger partial charge >= 0.3 is 0 Å². The Bertz CT molecular complexity index is 496. The number of nitrogens with two attached hydrogens (primary N) is 1. The number of phenols is 1. The van der Waals surface area contributed by atoms with Gasteiger partial charge in [0.2, 0.25) is 0 Å². The molecule has 0 spiro atoms. The zero-order chi connectivity index (χ0) is 11.5. The van der Waals surface area contributed by atoms with Gasteiger partial charge in [-0.3, -0.25) is 0 Å². The van der Waals surface area contributed by atoms with Crippen molar-refractivity contribution in [3.8, 4) is 5.75 Å². The smallest absolute Gasteiger partial charge is 0.119 e. The van der Waals surface area contributed by atoms with Gasteiger partial charge in [-0.1, -0.05) is 30.3 Å². The topological polar surface area (TPSA) is 66.5 Å². The predicted molar refractivity (Wildman–Crippen MR) is 64.4 cm³/mol. The molecule has 84 valence electrons. The van der Waals surface area contributed by atoms with Crippen molar-refractivity contribution >= 4 is 10.8 Å². The number of aromatic hydroxyl groups is 1. The lowest BCUT2D eigenvalue weighted by Crippen LogP contribution is -2.22. The van der Waals surface area contributed by atoms with Crippen LogP contribution in [-0.4, -0.2) is 22.9 Å². The third-order valence-electron chi connectivity index (χ3n) is 2.73. The number of aliphatic hydroxyl groups excluding tert-OH is 1. The van der Waals surface area contributed by atoms with E-state index in [2.05, 4.69) is 0 Å². The average molecular weight is 217 g/mol. The molecule has 0 aromatic heterocycles. The van der Waals surface area contributed by atoms with Crippen LogP contribution in [0.25, 0.3) is 10.8 Å². The highest BCUT2D eigenvalue weighted by molar-refractivity contribution is 5.87. The van der Waals surface area contributed by atoms with E-state index in [1.807, 2.05) is 30.3 Å². The summed E-state index contributed by atoms with van der Waals surface area (Å²) in [7, 11) is 0. The summed E-state index contributed by atoms with van der Waals surface area (Å²) < 4.78 is 0. The molecule has 0 fully saturated rings. The van der Waals surface area contributed by atoms with Gasteiger partial charge in [-0.2, -0.15) is 0 Å². The SMILES string of the molecule is NCC(O)Cc1c(O)ccc2ccccc12. The molecule has 3 heteroatoms. The molecular weight excluding hydrogens is 202 g/mol. The van der Waals surface area contributed by atoms with Gasteiger partial charge in [0.15, 0.2) is 0 Å². The van der Waals surface area contributed by atoms with E-state index in [1.54, 1.807) is 6.07 Å². The predicted octanol–water partition coefficient (Wildman–Crippen LogP) is 1.41. The second-order valence-corrected chi connectivity index (χ2v) is 3.88. The minimum Gasteiger partial charge on any atom is -0.508 e. The van der Waals surface area contributed by atoms with E-state index in [4.69, 9.17) is 5.73 Å². The summed E-state index contributed by atoms with van der Waals surface area (Å²) in [4.78, 5) is 0. The highest BCUT2D eigenvalue weighted by Gasteiger charge is 2.10. The zero-order valence-electron chi connectivity index (χ0n) is 8.93. The van der Waals surface area contributed by atoms with E-state index in [0.717, 1.165) is 16.3 Å². The van der Waals surface area contributed by atoms with Crippen LogP contribution in [0.15, 0.2) is 36.4 Å². The second kappa shape index (κ2) is 4.51. The molecule has 4 N–H and O–H groups in total. The number of aliphatic hydroxyl groups is 1.